The Morgan fingerprint density at radius 2 is 2.07 bits per heavy atom. The highest BCUT2D eigenvalue weighted by atomic mass is 15.3. The summed E-state index contributed by atoms with van der Waals surface area (Å²) in [5, 5.41) is 8.81. The van der Waals surface area contributed by atoms with Crippen molar-refractivity contribution in [1.29, 1.82) is 5.26 Å². The third-order valence-electron chi connectivity index (χ3n) is 3.76. The molecule has 0 amide bonds. The van der Waals surface area contributed by atoms with Crippen LogP contribution in [0.4, 0.5) is 0 Å². The van der Waals surface area contributed by atoms with Gasteiger partial charge in [-0.05, 0) is 33.7 Å². The Bertz CT molecular complexity index is 275. The highest BCUT2D eigenvalue weighted by molar-refractivity contribution is 5.02. The van der Waals surface area contributed by atoms with Crippen molar-refractivity contribution in [3.05, 3.63) is 0 Å². The first kappa shape index (κ1) is 10.9. The molecule has 0 N–H and O–H groups in total. The van der Waals surface area contributed by atoms with Crippen molar-refractivity contribution >= 4 is 0 Å². The zero-order valence-electron chi connectivity index (χ0n) is 10.0. The highest BCUT2D eigenvalue weighted by Crippen LogP contribution is 2.36. The Hall–Kier alpha value is -0.590. The van der Waals surface area contributed by atoms with Crippen molar-refractivity contribution < 1.29 is 0 Å². The molecule has 84 valence electrons. The van der Waals surface area contributed by atoms with Crippen molar-refractivity contribution in [3.8, 4) is 6.07 Å². The molecule has 1 aliphatic heterocycles. The molecule has 1 saturated heterocycles. The molecule has 2 aliphatic rings. The summed E-state index contributed by atoms with van der Waals surface area (Å²) in [5.41, 5.74) is 0.280. The maximum absolute atomic E-state index is 8.81. The van der Waals surface area contributed by atoms with Gasteiger partial charge < -0.3 is 0 Å². The zero-order valence-corrected chi connectivity index (χ0v) is 10.0. The smallest absolute Gasteiger partial charge is 0.0638 e. The monoisotopic (exact) mass is 207 g/mol. The maximum Gasteiger partial charge on any atom is 0.0638 e. The molecule has 0 aromatic carbocycles. The van der Waals surface area contributed by atoms with E-state index in [0.29, 0.717) is 12.5 Å². The van der Waals surface area contributed by atoms with Crippen LogP contribution in [0.1, 0.15) is 33.1 Å². The van der Waals surface area contributed by atoms with E-state index in [1.165, 1.54) is 12.8 Å². The van der Waals surface area contributed by atoms with Crippen molar-refractivity contribution in [2.45, 2.75) is 50.7 Å². The lowest BCUT2D eigenvalue weighted by Gasteiger charge is -2.50. The van der Waals surface area contributed by atoms with Crippen LogP contribution in [0.2, 0.25) is 0 Å². The predicted octanol–water partition coefficient (Wildman–Crippen LogP) is 1.46. The van der Waals surface area contributed by atoms with Crippen molar-refractivity contribution in [2.24, 2.45) is 0 Å². The summed E-state index contributed by atoms with van der Waals surface area (Å²) in [6, 6.07) is 3.54. The molecule has 15 heavy (non-hydrogen) atoms. The predicted molar refractivity (Wildman–Crippen MR) is 60.5 cm³/mol. The quantitative estimate of drug-likeness (QED) is 0.686. The molecular formula is C12H21N3. The Morgan fingerprint density at radius 1 is 1.40 bits per heavy atom. The lowest BCUT2D eigenvalue weighted by molar-refractivity contribution is -0.00909. The van der Waals surface area contributed by atoms with Crippen LogP contribution >= 0.6 is 0 Å². The van der Waals surface area contributed by atoms with E-state index in [1.807, 2.05) is 0 Å². The number of nitriles is 1. The van der Waals surface area contributed by atoms with Crippen molar-refractivity contribution in [2.75, 3.05) is 20.1 Å². The second-order valence-corrected chi connectivity index (χ2v) is 5.63. The van der Waals surface area contributed by atoms with Crippen molar-refractivity contribution in [3.63, 3.8) is 0 Å². The van der Waals surface area contributed by atoms with Crippen molar-refractivity contribution in [1.82, 2.24) is 9.80 Å². The molecule has 2 rings (SSSR count). The fraction of sp³-hybridized carbons (Fsp3) is 0.917. The lowest BCUT2D eigenvalue weighted by atomic mass is 9.94. The molecule has 0 spiro atoms. The van der Waals surface area contributed by atoms with Crippen LogP contribution in [-0.4, -0.2) is 47.6 Å². The van der Waals surface area contributed by atoms with Gasteiger partial charge in [0, 0.05) is 30.7 Å². The first-order chi connectivity index (χ1) is 7.04. The SMILES string of the molecule is CN1CC(C)(C)N(C2CC2)CC1CC#N. The number of rotatable bonds is 2. The van der Waals surface area contributed by atoms with Crippen LogP contribution in [0.15, 0.2) is 0 Å². The molecule has 1 saturated carbocycles. The van der Waals surface area contributed by atoms with Gasteiger partial charge in [0.2, 0.25) is 0 Å². The van der Waals surface area contributed by atoms with E-state index in [9.17, 15) is 0 Å². The summed E-state index contributed by atoms with van der Waals surface area (Å²) in [4.78, 5) is 4.97. The molecule has 3 nitrogen and oxygen atoms in total. The van der Waals surface area contributed by atoms with Gasteiger partial charge in [-0.3, -0.25) is 9.80 Å². The van der Waals surface area contributed by atoms with Crippen LogP contribution in [0.5, 0.6) is 0 Å². The molecule has 0 radical (unpaired) electrons. The molecule has 0 aromatic heterocycles. The van der Waals surface area contributed by atoms with Gasteiger partial charge >= 0.3 is 0 Å². The summed E-state index contributed by atoms with van der Waals surface area (Å²) in [5.74, 6) is 0. The minimum atomic E-state index is 0.280. The molecule has 0 aromatic rings. The minimum Gasteiger partial charge on any atom is -0.299 e. The Kier molecular flexibility index (Phi) is 2.74. The lowest BCUT2D eigenvalue weighted by Crippen LogP contribution is -2.62. The zero-order chi connectivity index (χ0) is 11.1. The van der Waals surface area contributed by atoms with Gasteiger partial charge in [0.05, 0.1) is 12.5 Å². The van der Waals surface area contributed by atoms with Gasteiger partial charge in [0.15, 0.2) is 0 Å². The number of nitrogens with zero attached hydrogens (tertiary/aromatic N) is 3. The van der Waals surface area contributed by atoms with E-state index < -0.39 is 0 Å². The average Bonchev–Trinajstić information content (AvgIpc) is 2.92. The van der Waals surface area contributed by atoms with E-state index in [-0.39, 0.29) is 5.54 Å². The number of likely N-dealkylation sites (N-methyl/N-ethyl adjacent to an activating group) is 1. The summed E-state index contributed by atoms with van der Waals surface area (Å²) >= 11 is 0. The fourth-order valence-corrected chi connectivity index (χ4v) is 2.80. The van der Waals surface area contributed by atoms with E-state index in [2.05, 4.69) is 36.8 Å². The van der Waals surface area contributed by atoms with Gasteiger partial charge in [-0.15, -0.1) is 0 Å². The number of hydrogen-bond acceptors (Lipinski definition) is 3. The first-order valence-corrected chi connectivity index (χ1v) is 5.88. The number of piperazine rings is 1. The largest absolute Gasteiger partial charge is 0.299 e. The molecule has 1 heterocycles. The van der Waals surface area contributed by atoms with Gasteiger partial charge in [-0.25, -0.2) is 0 Å². The van der Waals surface area contributed by atoms with Gasteiger partial charge in [0.25, 0.3) is 0 Å². The Balaban J connectivity index is 2.06. The summed E-state index contributed by atoms with van der Waals surface area (Å²) in [6.07, 6.45) is 3.37. The molecule has 1 atom stereocenters. The van der Waals surface area contributed by atoms with Crippen LogP contribution in [0, 0.1) is 11.3 Å². The molecule has 1 unspecified atom stereocenters. The maximum atomic E-state index is 8.81. The second-order valence-electron chi connectivity index (χ2n) is 5.63. The van der Waals surface area contributed by atoms with Gasteiger partial charge in [-0.1, -0.05) is 0 Å². The van der Waals surface area contributed by atoms with Crippen LogP contribution in [0.25, 0.3) is 0 Å². The second kappa shape index (κ2) is 3.77. The van der Waals surface area contributed by atoms with E-state index in [1.54, 1.807) is 0 Å². The minimum absolute atomic E-state index is 0.280. The first-order valence-electron chi connectivity index (χ1n) is 5.88. The van der Waals surface area contributed by atoms with Gasteiger partial charge in [-0.2, -0.15) is 5.26 Å². The number of hydrogen-bond donors (Lipinski definition) is 0. The molecule has 2 fully saturated rings. The molecule has 0 bridgehead atoms. The molecule has 1 aliphatic carbocycles. The van der Waals surface area contributed by atoms with Gasteiger partial charge in [0.1, 0.15) is 0 Å². The topological polar surface area (TPSA) is 30.3 Å². The third-order valence-corrected chi connectivity index (χ3v) is 3.76. The standard InChI is InChI=1S/C12H21N3/c1-12(2)9-14(3)11(6-7-13)8-15(12)10-4-5-10/h10-11H,4-6,8-9H2,1-3H3. The van der Waals surface area contributed by atoms with E-state index >= 15 is 0 Å². The highest BCUT2D eigenvalue weighted by Gasteiger charge is 2.43. The summed E-state index contributed by atoms with van der Waals surface area (Å²) in [6.45, 7) is 6.80. The average molecular weight is 207 g/mol. The van der Waals surface area contributed by atoms with Crippen LogP contribution < -0.4 is 0 Å². The third kappa shape index (κ3) is 2.16. The fourth-order valence-electron chi connectivity index (χ4n) is 2.80. The molecule has 3 heteroatoms. The summed E-state index contributed by atoms with van der Waals surface area (Å²) in [7, 11) is 2.15. The van der Waals surface area contributed by atoms with Crippen LogP contribution in [0.3, 0.4) is 0 Å². The molecular weight excluding hydrogens is 186 g/mol. The normalized spacial score (nSPS) is 32.5. The Labute approximate surface area is 92.7 Å². The van der Waals surface area contributed by atoms with E-state index in [0.717, 1.165) is 19.1 Å². The van der Waals surface area contributed by atoms with E-state index in [4.69, 9.17) is 5.26 Å². The van der Waals surface area contributed by atoms with Crippen LogP contribution in [-0.2, 0) is 0 Å². The Morgan fingerprint density at radius 3 is 2.60 bits per heavy atom. The summed E-state index contributed by atoms with van der Waals surface area (Å²) < 4.78 is 0.